The van der Waals surface area contributed by atoms with E-state index in [0.717, 1.165) is 31.5 Å². The maximum Gasteiger partial charge on any atom is 0.251 e. The van der Waals surface area contributed by atoms with Crippen LogP contribution in [0, 0.1) is 0 Å². The molecule has 0 aliphatic carbocycles. The normalized spacial score (nSPS) is 19.0. The third kappa shape index (κ3) is 4.03. The summed E-state index contributed by atoms with van der Waals surface area (Å²) >= 11 is 0. The Kier molecular flexibility index (Phi) is 5.21. The van der Waals surface area contributed by atoms with Gasteiger partial charge < -0.3 is 15.5 Å². The molecule has 0 saturated carbocycles. The summed E-state index contributed by atoms with van der Waals surface area (Å²) in [6, 6.07) is 16.1. The lowest BCUT2D eigenvalue weighted by atomic mass is 9.94. The van der Waals surface area contributed by atoms with Gasteiger partial charge in [0.1, 0.15) is 0 Å². The van der Waals surface area contributed by atoms with E-state index in [1.54, 1.807) is 0 Å². The quantitative estimate of drug-likeness (QED) is 0.858. The Morgan fingerprint density at radius 1 is 1.15 bits per heavy atom. The van der Waals surface area contributed by atoms with Crippen LogP contribution in [0.2, 0.25) is 0 Å². The molecule has 4 rings (SSSR count). The van der Waals surface area contributed by atoms with E-state index < -0.39 is 0 Å². The first-order valence-corrected chi connectivity index (χ1v) is 9.67. The van der Waals surface area contributed by atoms with Crippen LogP contribution in [-0.4, -0.2) is 36.3 Å². The van der Waals surface area contributed by atoms with Gasteiger partial charge in [-0.2, -0.15) is 0 Å². The third-order valence-electron chi connectivity index (χ3n) is 5.42. The Morgan fingerprint density at radius 3 is 2.89 bits per heavy atom. The Hall–Kier alpha value is -2.66. The molecule has 27 heavy (non-hydrogen) atoms. The maximum atomic E-state index is 12.6. The van der Waals surface area contributed by atoms with Crippen molar-refractivity contribution >= 4 is 11.8 Å². The number of fused-ring (bicyclic) bond motifs is 1. The molecule has 2 aromatic carbocycles. The Morgan fingerprint density at radius 2 is 2.04 bits per heavy atom. The molecule has 140 valence electrons. The van der Waals surface area contributed by atoms with Crippen molar-refractivity contribution in [2.45, 2.75) is 31.8 Å². The van der Waals surface area contributed by atoms with Gasteiger partial charge in [0.15, 0.2) is 0 Å². The molecular weight excluding hydrogens is 338 g/mol. The summed E-state index contributed by atoms with van der Waals surface area (Å²) in [5, 5.41) is 6.54. The highest BCUT2D eigenvalue weighted by Crippen LogP contribution is 2.22. The van der Waals surface area contributed by atoms with Crippen LogP contribution < -0.4 is 10.6 Å². The van der Waals surface area contributed by atoms with Gasteiger partial charge in [-0.1, -0.05) is 36.4 Å². The van der Waals surface area contributed by atoms with Gasteiger partial charge in [-0.05, 0) is 48.2 Å². The van der Waals surface area contributed by atoms with Gasteiger partial charge in [-0.25, -0.2) is 0 Å². The number of nitrogens with one attached hydrogen (secondary N) is 2. The molecule has 0 aromatic heterocycles. The zero-order valence-corrected chi connectivity index (χ0v) is 15.4. The average Bonchev–Trinajstić information content (AvgIpc) is 3.10. The fourth-order valence-electron chi connectivity index (χ4n) is 3.97. The van der Waals surface area contributed by atoms with Crippen molar-refractivity contribution < 1.29 is 9.59 Å². The number of rotatable bonds is 5. The second-order valence-electron chi connectivity index (χ2n) is 7.28. The topological polar surface area (TPSA) is 61.4 Å². The molecule has 1 fully saturated rings. The molecule has 2 aliphatic rings. The molecule has 0 bridgehead atoms. The number of likely N-dealkylation sites (tertiary alicyclic amines) is 1. The van der Waals surface area contributed by atoms with E-state index in [-0.39, 0.29) is 17.9 Å². The van der Waals surface area contributed by atoms with E-state index in [2.05, 4.69) is 28.8 Å². The lowest BCUT2D eigenvalue weighted by molar-refractivity contribution is -0.128. The second-order valence-corrected chi connectivity index (χ2v) is 7.28. The highest BCUT2D eigenvalue weighted by molar-refractivity contribution is 5.94. The standard InChI is InChI=1S/C22H25N3O2/c26-21-9-4-12-25(21)15-16-5-3-7-18(13-16)22(27)24-14-20-19-8-2-1-6-17(19)10-11-23-20/h1-3,5-8,13,20,23H,4,9-12,14-15H2,(H,24,27). The minimum atomic E-state index is -0.0746. The molecular formula is C22H25N3O2. The summed E-state index contributed by atoms with van der Waals surface area (Å²) in [6.45, 7) is 2.88. The Labute approximate surface area is 159 Å². The molecule has 2 aromatic rings. The zero-order chi connectivity index (χ0) is 18.6. The molecule has 5 nitrogen and oxygen atoms in total. The molecule has 1 atom stereocenters. The van der Waals surface area contributed by atoms with Crippen molar-refractivity contribution in [1.82, 2.24) is 15.5 Å². The lowest BCUT2D eigenvalue weighted by Crippen LogP contribution is -2.38. The highest BCUT2D eigenvalue weighted by Gasteiger charge is 2.21. The SMILES string of the molecule is O=C(NCC1NCCc2ccccc21)c1cccc(CN2CCCC2=O)c1. The third-order valence-corrected chi connectivity index (χ3v) is 5.42. The van der Waals surface area contributed by atoms with Gasteiger partial charge in [0.05, 0.1) is 0 Å². The molecule has 1 saturated heterocycles. The van der Waals surface area contributed by atoms with Crippen LogP contribution in [0.5, 0.6) is 0 Å². The summed E-state index contributed by atoms with van der Waals surface area (Å²) in [5.74, 6) is 0.126. The number of carbonyl (C=O) groups is 2. The van der Waals surface area contributed by atoms with Crippen molar-refractivity contribution in [3.05, 3.63) is 70.8 Å². The monoisotopic (exact) mass is 363 g/mol. The van der Waals surface area contributed by atoms with Crippen LogP contribution in [0.3, 0.4) is 0 Å². The summed E-state index contributed by atoms with van der Waals surface area (Å²) < 4.78 is 0. The Balaban J connectivity index is 1.39. The van der Waals surface area contributed by atoms with E-state index >= 15 is 0 Å². The minimum Gasteiger partial charge on any atom is -0.350 e. The number of hydrogen-bond acceptors (Lipinski definition) is 3. The molecule has 2 aliphatic heterocycles. The number of carbonyl (C=O) groups excluding carboxylic acids is 2. The van der Waals surface area contributed by atoms with E-state index in [1.807, 2.05) is 35.2 Å². The first-order chi connectivity index (χ1) is 13.2. The molecule has 5 heteroatoms. The average molecular weight is 363 g/mol. The molecule has 1 unspecified atom stereocenters. The van der Waals surface area contributed by atoms with Crippen LogP contribution in [0.4, 0.5) is 0 Å². The minimum absolute atomic E-state index is 0.0746. The predicted molar refractivity (Wildman–Crippen MR) is 104 cm³/mol. The smallest absolute Gasteiger partial charge is 0.251 e. The number of nitrogens with zero attached hydrogens (tertiary/aromatic N) is 1. The van der Waals surface area contributed by atoms with Crippen molar-refractivity contribution in [3.63, 3.8) is 0 Å². The first-order valence-electron chi connectivity index (χ1n) is 9.67. The van der Waals surface area contributed by atoms with Gasteiger partial charge in [0.25, 0.3) is 5.91 Å². The summed E-state index contributed by atoms with van der Waals surface area (Å²) in [7, 11) is 0. The summed E-state index contributed by atoms with van der Waals surface area (Å²) in [6.07, 6.45) is 2.59. The largest absolute Gasteiger partial charge is 0.350 e. The van der Waals surface area contributed by atoms with E-state index in [1.165, 1.54) is 11.1 Å². The zero-order valence-electron chi connectivity index (χ0n) is 15.4. The van der Waals surface area contributed by atoms with Gasteiger partial charge >= 0.3 is 0 Å². The van der Waals surface area contributed by atoms with Crippen molar-refractivity contribution in [2.24, 2.45) is 0 Å². The van der Waals surface area contributed by atoms with Crippen molar-refractivity contribution in [2.75, 3.05) is 19.6 Å². The van der Waals surface area contributed by atoms with Crippen LogP contribution >= 0.6 is 0 Å². The van der Waals surface area contributed by atoms with Crippen LogP contribution in [-0.2, 0) is 17.8 Å². The van der Waals surface area contributed by atoms with E-state index in [9.17, 15) is 9.59 Å². The van der Waals surface area contributed by atoms with Gasteiger partial charge in [-0.3, -0.25) is 9.59 Å². The van der Waals surface area contributed by atoms with Gasteiger partial charge in [0, 0.05) is 37.7 Å². The second kappa shape index (κ2) is 7.92. The maximum absolute atomic E-state index is 12.6. The van der Waals surface area contributed by atoms with Gasteiger partial charge in [0.2, 0.25) is 5.91 Å². The number of amides is 2. The van der Waals surface area contributed by atoms with Gasteiger partial charge in [-0.15, -0.1) is 0 Å². The van der Waals surface area contributed by atoms with E-state index in [0.29, 0.717) is 25.1 Å². The number of hydrogen-bond donors (Lipinski definition) is 2. The van der Waals surface area contributed by atoms with Crippen molar-refractivity contribution in [1.29, 1.82) is 0 Å². The Bertz CT molecular complexity index is 849. The predicted octanol–water partition coefficient (Wildman–Crippen LogP) is 2.43. The highest BCUT2D eigenvalue weighted by atomic mass is 16.2. The molecule has 2 amide bonds. The van der Waals surface area contributed by atoms with Crippen molar-refractivity contribution in [3.8, 4) is 0 Å². The molecule has 0 radical (unpaired) electrons. The van der Waals surface area contributed by atoms with Crippen LogP contribution in [0.15, 0.2) is 48.5 Å². The number of benzene rings is 2. The first kappa shape index (κ1) is 17.7. The lowest BCUT2D eigenvalue weighted by Gasteiger charge is -2.27. The molecule has 2 heterocycles. The van der Waals surface area contributed by atoms with E-state index in [4.69, 9.17) is 0 Å². The fraction of sp³-hybridized carbons (Fsp3) is 0.364. The molecule has 0 spiro atoms. The summed E-state index contributed by atoms with van der Waals surface area (Å²) in [4.78, 5) is 26.3. The molecule has 2 N–H and O–H groups in total. The van der Waals surface area contributed by atoms with Crippen LogP contribution in [0.1, 0.15) is 45.9 Å². The summed E-state index contributed by atoms with van der Waals surface area (Å²) in [5.41, 5.74) is 4.26. The fourth-order valence-corrected chi connectivity index (χ4v) is 3.97. The van der Waals surface area contributed by atoms with Crippen LogP contribution in [0.25, 0.3) is 0 Å².